The lowest BCUT2D eigenvalue weighted by Gasteiger charge is -2.10. The second-order valence-corrected chi connectivity index (χ2v) is 7.21. The molecule has 0 unspecified atom stereocenters. The predicted molar refractivity (Wildman–Crippen MR) is 81.6 cm³/mol. The lowest BCUT2D eigenvalue weighted by Crippen LogP contribution is -2.14. The molecule has 150 valence electrons. The van der Waals surface area contributed by atoms with Gasteiger partial charge in [-0.2, -0.15) is 13.2 Å². The van der Waals surface area contributed by atoms with Gasteiger partial charge in [-0.25, -0.2) is 17.6 Å². The number of benzene rings is 1. The van der Waals surface area contributed by atoms with Crippen LogP contribution in [0, 0.1) is 47.4 Å². The number of allylic oxidation sites excluding steroid dienone is 2. The Morgan fingerprint density at radius 2 is 1.59 bits per heavy atom. The Bertz CT molecular complexity index is 785. The molecule has 0 aliphatic heterocycles. The molecule has 1 aliphatic carbocycles. The number of hydrogen-bond acceptors (Lipinski definition) is 2. The molecular weight excluding hydrogens is 405 g/mol. The van der Waals surface area contributed by atoms with Gasteiger partial charge < -0.3 is 4.74 Å². The van der Waals surface area contributed by atoms with Crippen molar-refractivity contribution in [1.29, 1.82) is 0 Å². The number of hydrogen-bond donors (Lipinski definition) is 0. The van der Waals surface area contributed by atoms with Gasteiger partial charge in [0.05, 0.1) is 11.5 Å². The van der Waals surface area contributed by atoms with E-state index in [1.54, 1.807) is 0 Å². The SMILES string of the molecule is Cc1c(F)c(F)c(COC(=O)[C@H]2[C@@H](/C=C(\Cl)C(F)(F)F)C2(C)C)c(F)c1F. The van der Waals surface area contributed by atoms with Crippen LogP contribution in [0.5, 0.6) is 0 Å². The summed E-state index contributed by atoms with van der Waals surface area (Å²) >= 11 is 5.15. The van der Waals surface area contributed by atoms with Crippen LogP contribution in [0.3, 0.4) is 0 Å². The molecule has 2 rings (SSSR count). The largest absolute Gasteiger partial charge is 0.460 e. The zero-order chi connectivity index (χ0) is 20.9. The quantitative estimate of drug-likeness (QED) is 0.364. The molecule has 1 fully saturated rings. The molecule has 27 heavy (non-hydrogen) atoms. The van der Waals surface area contributed by atoms with Crippen LogP contribution in [0.1, 0.15) is 25.0 Å². The van der Waals surface area contributed by atoms with E-state index in [1.165, 1.54) is 13.8 Å². The van der Waals surface area contributed by atoms with Crippen molar-refractivity contribution in [2.75, 3.05) is 0 Å². The minimum atomic E-state index is -4.78. The molecule has 0 bridgehead atoms. The third-order valence-electron chi connectivity index (χ3n) is 4.69. The minimum absolute atomic E-state index is 0.667. The third kappa shape index (κ3) is 3.93. The van der Waals surface area contributed by atoms with Gasteiger partial charge in [-0.3, -0.25) is 4.79 Å². The lowest BCUT2D eigenvalue weighted by atomic mass is 10.1. The van der Waals surface area contributed by atoms with Gasteiger partial charge in [-0.1, -0.05) is 31.5 Å². The zero-order valence-corrected chi connectivity index (χ0v) is 15.0. The van der Waals surface area contributed by atoms with Gasteiger partial charge >= 0.3 is 12.1 Å². The Morgan fingerprint density at radius 1 is 1.11 bits per heavy atom. The van der Waals surface area contributed by atoms with E-state index < -0.39 is 75.4 Å². The van der Waals surface area contributed by atoms with E-state index in [0.717, 1.165) is 6.92 Å². The van der Waals surface area contributed by atoms with Crippen molar-refractivity contribution in [3.63, 3.8) is 0 Å². The first kappa shape index (κ1) is 21.5. The monoisotopic (exact) mass is 418 g/mol. The van der Waals surface area contributed by atoms with E-state index >= 15 is 0 Å². The molecule has 0 aromatic heterocycles. The fourth-order valence-corrected chi connectivity index (χ4v) is 2.97. The van der Waals surface area contributed by atoms with Crippen molar-refractivity contribution < 1.29 is 40.3 Å². The summed E-state index contributed by atoms with van der Waals surface area (Å²) in [5.41, 5.74) is -2.93. The van der Waals surface area contributed by atoms with E-state index in [9.17, 15) is 35.5 Å². The van der Waals surface area contributed by atoms with Gasteiger partial charge in [-0.05, 0) is 18.3 Å². The minimum Gasteiger partial charge on any atom is -0.460 e. The topological polar surface area (TPSA) is 26.3 Å². The zero-order valence-electron chi connectivity index (χ0n) is 14.3. The maximum Gasteiger partial charge on any atom is 0.426 e. The van der Waals surface area contributed by atoms with Crippen molar-refractivity contribution in [3.8, 4) is 0 Å². The number of esters is 1. The van der Waals surface area contributed by atoms with Crippen molar-refractivity contribution in [3.05, 3.63) is 45.5 Å². The summed E-state index contributed by atoms with van der Waals surface area (Å²) in [5.74, 6) is -9.68. The number of carbonyl (C=O) groups excluding carboxylic acids is 1. The summed E-state index contributed by atoms with van der Waals surface area (Å²) in [6, 6.07) is 0. The van der Waals surface area contributed by atoms with Crippen LogP contribution >= 0.6 is 11.6 Å². The molecule has 0 amide bonds. The fourth-order valence-electron chi connectivity index (χ4n) is 2.84. The van der Waals surface area contributed by atoms with Gasteiger partial charge in [0, 0.05) is 5.56 Å². The molecule has 0 spiro atoms. The Labute approximate surface area is 154 Å². The number of rotatable bonds is 4. The first-order valence-corrected chi connectivity index (χ1v) is 8.01. The predicted octanol–water partition coefficient (Wildman–Crippen LogP) is 5.55. The number of alkyl halides is 3. The molecule has 0 N–H and O–H groups in total. The molecule has 2 nitrogen and oxygen atoms in total. The highest BCUT2D eigenvalue weighted by Crippen LogP contribution is 2.60. The molecule has 2 atom stereocenters. The number of halogens is 8. The summed E-state index contributed by atoms with van der Waals surface area (Å²) in [5, 5.41) is -1.41. The highest BCUT2D eigenvalue weighted by Gasteiger charge is 2.62. The summed E-state index contributed by atoms with van der Waals surface area (Å²) in [4.78, 5) is 12.1. The van der Waals surface area contributed by atoms with Crippen LogP contribution < -0.4 is 0 Å². The Hall–Kier alpha value is -1.77. The van der Waals surface area contributed by atoms with E-state index in [0.29, 0.717) is 6.08 Å². The Balaban J connectivity index is 2.16. The maximum absolute atomic E-state index is 13.8. The fraction of sp³-hybridized carbons (Fsp3) is 0.471. The second-order valence-electron chi connectivity index (χ2n) is 6.80. The summed E-state index contributed by atoms with van der Waals surface area (Å²) in [6.45, 7) is 2.68. The van der Waals surface area contributed by atoms with Gasteiger partial charge in [0.2, 0.25) is 0 Å². The van der Waals surface area contributed by atoms with Crippen LogP contribution in [-0.4, -0.2) is 12.1 Å². The van der Waals surface area contributed by atoms with Gasteiger partial charge in [0.15, 0.2) is 23.3 Å². The molecule has 1 aliphatic rings. The van der Waals surface area contributed by atoms with Gasteiger partial charge in [0.1, 0.15) is 11.6 Å². The molecule has 1 saturated carbocycles. The van der Waals surface area contributed by atoms with E-state index in [2.05, 4.69) is 0 Å². The normalized spacial score (nSPS) is 22.0. The van der Waals surface area contributed by atoms with Crippen LogP contribution in [0.15, 0.2) is 11.1 Å². The molecule has 10 heteroatoms. The second kappa shape index (κ2) is 7.00. The third-order valence-corrected chi connectivity index (χ3v) is 5.03. The smallest absolute Gasteiger partial charge is 0.426 e. The van der Waals surface area contributed by atoms with Crippen molar-refractivity contribution in [2.24, 2.45) is 17.3 Å². The maximum atomic E-state index is 13.8. The molecule has 1 aromatic rings. The van der Waals surface area contributed by atoms with Gasteiger partial charge in [-0.15, -0.1) is 0 Å². The van der Waals surface area contributed by atoms with Crippen LogP contribution in [0.4, 0.5) is 30.7 Å². The average Bonchev–Trinajstić information content (AvgIpc) is 3.10. The first-order valence-electron chi connectivity index (χ1n) is 7.63. The van der Waals surface area contributed by atoms with Crippen molar-refractivity contribution >= 4 is 17.6 Å². The molecular formula is C17H14ClF7O2. The first-order chi connectivity index (χ1) is 12.2. The number of carbonyl (C=O) groups is 1. The highest BCUT2D eigenvalue weighted by atomic mass is 35.5. The van der Waals surface area contributed by atoms with Crippen molar-refractivity contribution in [2.45, 2.75) is 33.6 Å². The molecule has 0 heterocycles. The molecule has 1 aromatic carbocycles. The summed E-state index contributed by atoms with van der Waals surface area (Å²) in [7, 11) is 0. The Kier molecular flexibility index (Phi) is 5.58. The van der Waals surface area contributed by atoms with Gasteiger partial charge in [0.25, 0.3) is 0 Å². The summed E-state index contributed by atoms with van der Waals surface area (Å²) < 4.78 is 96.8. The highest BCUT2D eigenvalue weighted by molar-refractivity contribution is 6.30. The van der Waals surface area contributed by atoms with Crippen molar-refractivity contribution in [1.82, 2.24) is 0 Å². The lowest BCUT2D eigenvalue weighted by molar-refractivity contribution is -0.147. The summed E-state index contributed by atoms with van der Waals surface area (Å²) in [6.07, 6.45) is -4.11. The Morgan fingerprint density at radius 3 is 2.04 bits per heavy atom. The number of ether oxygens (including phenoxy) is 1. The molecule has 0 saturated heterocycles. The van der Waals surface area contributed by atoms with Crippen LogP contribution in [-0.2, 0) is 16.1 Å². The average molecular weight is 419 g/mol. The standard InChI is InChI=1S/C17H14ClF7O2/c1-6-11(19)13(21)7(14(22)12(6)20)5-27-15(26)10-8(16(10,2)3)4-9(18)17(23,24)25/h4,8,10H,5H2,1-3H3/b9-4-/t8-,10-/m1/s1. The van der Waals surface area contributed by atoms with E-state index in [4.69, 9.17) is 16.3 Å². The van der Waals surface area contributed by atoms with Crippen LogP contribution in [0.25, 0.3) is 0 Å². The van der Waals surface area contributed by atoms with E-state index in [-0.39, 0.29) is 0 Å². The van der Waals surface area contributed by atoms with E-state index in [1.807, 2.05) is 0 Å². The van der Waals surface area contributed by atoms with Crippen LogP contribution in [0.2, 0.25) is 0 Å². The molecule has 0 radical (unpaired) electrons.